The van der Waals surface area contributed by atoms with Gasteiger partial charge in [0, 0.05) is 31.0 Å². The third-order valence-electron chi connectivity index (χ3n) is 7.74. The Hall–Kier alpha value is -3.48. The molecule has 0 aliphatic carbocycles. The van der Waals surface area contributed by atoms with Crippen molar-refractivity contribution >= 4 is 24.1 Å². The molecule has 4 atom stereocenters. The Labute approximate surface area is 290 Å². The maximum atomic E-state index is 15.4. The van der Waals surface area contributed by atoms with Gasteiger partial charge in [-0.2, -0.15) is 8.78 Å². The van der Waals surface area contributed by atoms with E-state index in [1.165, 1.54) is 24.3 Å². The van der Waals surface area contributed by atoms with Crippen LogP contribution in [-0.4, -0.2) is 95.7 Å². The van der Waals surface area contributed by atoms with E-state index in [1.807, 2.05) is 0 Å². The van der Waals surface area contributed by atoms with E-state index in [0.717, 1.165) is 11.3 Å². The second-order valence-electron chi connectivity index (χ2n) is 16.2. The average molecular weight is 695 g/mol. The summed E-state index contributed by atoms with van der Waals surface area (Å²) in [6.45, 7) is 17.3. The van der Waals surface area contributed by atoms with Crippen molar-refractivity contribution in [2.24, 2.45) is 16.8 Å². The molecule has 3 rings (SSSR count). The molecule has 1 aromatic carbocycles. The van der Waals surface area contributed by atoms with Gasteiger partial charge in [0.25, 0.3) is 5.92 Å². The molecule has 2 aliphatic rings. The number of amidine groups is 1. The van der Waals surface area contributed by atoms with Gasteiger partial charge in [-0.05, 0) is 81.1 Å². The number of rotatable bonds is 9. The van der Waals surface area contributed by atoms with E-state index < -0.39 is 53.7 Å². The van der Waals surface area contributed by atoms with E-state index in [0.29, 0.717) is 25.2 Å². The van der Waals surface area contributed by atoms with E-state index in [9.17, 15) is 14.4 Å². The van der Waals surface area contributed by atoms with Gasteiger partial charge in [-0.3, -0.25) is 15.2 Å². The van der Waals surface area contributed by atoms with Gasteiger partial charge in [0.1, 0.15) is 22.6 Å². The normalized spacial score (nSPS) is 21.9. The predicted molar refractivity (Wildman–Crippen MR) is 183 cm³/mol. The summed E-state index contributed by atoms with van der Waals surface area (Å²) >= 11 is 0. The Morgan fingerprint density at radius 2 is 1.53 bits per heavy atom. The number of hydrogen-bond donors (Lipinski definition) is 1. The summed E-state index contributed by atoms with van der Waals surface area (Å²) < 4.78 is 53.5. The lowest BCUT2D eigenvalue weighted by atomic mass is 9.88. The number of nitrogens with zero attached hydrogens (tertiary/aromatic N) is 3. The summed E-state index contributed by atoms with van der Waals surface area (Å²) in [5.41, 5.74) is -2.46. The largest absolute Gasteiger partial charge is 0.444 e. The van der Waals surface area contributed by atoms with Gasteiger partial charge in [-0.25, -0.2) is 14.4 Å². The van der Waals surface area contributed by atoms with Crippen LogP contribution in [0.5, 0.6) is 0 Å². The minimum atomic E-state index is -3.33. The molecule has 0 saturated carbocycles. The van der Waals surface area contributed by atoms with Gasteiger partial charge < -0.3 is 23.8 Å². The molecule has 2 heterocycles. The number of hydrogen-bond acceptors (Lipinski definition) is 8. The number of aliphatic imine (C=N–C) groups is 1. The summed E-state index contributed by atoms with van der Waals surface area (Å²) in [6, 6.07) is 7.17. The van der Waals surface area contributed by atoms with Crippen LogP contribution in [0.25, 0.3) is 0 Å². The second kappa shape index (κ2) is 16.0. The molecule has 1 aromatic rings. The number of alkyl halides is 2. The van der Waals surface area contributed by atoms with Crippen LogP contribution in [0.4, 0.5) is 23.2 Å². The van der Waals surface area contributed by atoms with Crippen LogP contribution >= 0.6 is 0 Å². The smallest absolute Gasteiger partial charge is 0.413 e. The summed E-state index contributed by atoms with van der Waals surface area (Å²) in [4.78, 5) is 46.0. The number of alkyl carbamates (subject to hydrolysis) is 1. The first-order valence-electron chi connectivity index (χ1n) is 17.1. The lowest BCUT2D eigenvalue weighted by Crippen LogP contribution is -2.44. The standard InChI is InChI=1S/C36H56F2N4O7/c1-24-18-27(39-29(19-24)40-30(43)47-33(2,3)4)20-25-21-42(32(45)49-35(8,9)10)22-28(25)46-17-16-41(31(44)48-34(5,6)7)23-36(37,38)26-14-12-11-13-15-26/h11-15,24-25,27-28H,16-23H2,1-10H3,(H,39,40,43)/t24?,25-,27?,28+/m1/s1. The highest BCUT2D eigenvalue weighted by Gasteiger charge is 2.41. The van der Waals surface area contributed by atoms with E-state index in [2.05, 4.69) is 12.2 Å². The molecule has 0 spiro atoms. The first-order valence-corrected chi connectivity index (χ1v) is 17.1. The number of ether oxygens (including phenoxy) is 4. The molecule has 1 saturated heterocycles. The second-order valence-corrected chi connectivity index (χ2v) is 16.2. The molecule has 13 heteroatoms. The molecule has 3 amide bonds. The fourth-order valence-corrected chi connectivity index (χ4v) is 5.83. The minimum Gasteiger partial charge on any atom is -0.444 e. The van der Waals surface area contributed by atoms with E-state index in [1.54, 1.807) is 73.3 Å². The van der Waals surface area contributed by atoms with Crippen molar-refractivity contribution < 1.29 is 42.1 Å². The number of halogens is 2. The zero-order chi connectivity index (χ0) is 36.8. The number of likely N-dealkylation sites (tertiary alicyclic amines) is 1. The molecule has 2 aliphatic heterocycles. The first-order chi connectivity index (χ1) is 22.5. The number of carbonyl (C=O) groups is 3. The van der Waals surface area contributed by atoms with Crippen LogP contribution in [0.1, 0.15) is 94.1 Å². The Bertz CT molecular complexity index is 1300. The van der Waals surface area contributed by atoms with Crippen molar-refractivity contribution in [3.8, 4) is 0 Å². The Balaban J connectivity index is 1.77. The van der Waals surface area contributed by atoms with Crippen molar-refractivity contribution in [2.45, 2.75) is 123 Å². The Morgan fingerprint density at radius 3 is 2.12 bits per heavy atom. The van der Waals surface area contributed by atoms with Crippen LogP contribution in [0.3, 0.4) is 0 Å². The Kier molecular flexibility index (Phi) is 13.1. The molecule has 1 fully saturated rings. The van der Waals surface area contributed by atoms with Crippen LogP contribution < -0.4 is 5.32 Å². The molecular weight excluding hydrogens is 638 g/mol. The predicted octanol–water partition coefficient (Wildman–Crippen LogP) is 7.38. The number of benzene rings is 1. The summed E-state index contributed by atoms with van der Waals surface area (Å²) in [6.07, 6.45) is -0.471. The molecule has 276 valence electrons. The molecule has 0 aromatic heterocycles. The van der Waals surface area contributed by atoms with Gasteiger partial charge in [-0.1, -0.05) is 37.3 Å². The molecule has 1 N–H and O–H groups in total. The lowest BCUT2D eigenvalue weighted by molar-refractivity contribution is -0.0561. The monoisotopic (exact) mass is 694 g/mol. The molecule has 2 unspecified atom stereocenters. The van der Waals surface area contributed by atoms with E-state index >= 15 is 8.78 Å². The van der Waals surface area contributed by atoms with Gasteiger partial charge in [0.2, 0.25) is 0 Å². The fraction of sp³-hybridized carbons (Fsp3) is 0.722. The Morgan fingerprint density at radius 1 is 0.918 bits per heavy atom. The van der Waals surface area contributed by atoms with Gasteiger partial charge in [-0.15, -0.1) is 0 Å². The highest BCUT2D eigenvalue weighted by atomic mass is 19.3. The van der Waals surface area contributed by atoms with Gasteiger partial charge >= 0.3 is 18.3 Å². The van der Waals surface area contributed by atoms with E-state index in [4.69, 9.17) is 23.9 Å². The zero-order valence-electron chi connectivity index (χ0n) is 30.8. The van der Waals surface area contributed by atoms with Crippen molar-refractivity contribution in [1.29, 1.82) is 0 Å². The third-order valence-corrected chi connectivity index (χ3v) is 7.74. The summed E-state index contributed by atoms with van der Waals surface area (Å²) in [7, 11) is 0. The maximum Gasteiger partial charge on any atom is 0.413 e. The van der Waals surface area contributed by atoms with Crippen LogP contribution in [0.15, 0.2) is 35.3 Å². The maximum absolute atomic E-state index is 15.4. The highest BCUT2D eigenvalue weighted by Crippen LogP contribution is 2.32. The van der Waals surface area contributed by atoms with Gasteiger partial charge in [0.05, 0.1) is 31.8 Å². The van der Waals surface area contributed by atoms with Gasteiger partial charge in [0.15, 0.2) is 0 Å². The molecule has 0 bridgehead atoms. The highest BCUT2D eigenvalue weighted by molar-refractivity contribution is 5.96. The van der Waals surface area contributed by atoms with Crippen LogP contribution in [-0.2, 0) is 24.9 Å². The van der Waals surface area contributed by atoms with Crippen molar-refractivity contribution in [3.05, 3.63) is 35.9 Å². The van der Waals surface area contributed by atoms with Crippen LogP contribution in [0.2, 0.25) is 0 Å². The topological polar surface area (TPSA) is 119 Å². The van der Waals surface area contributed by atoms with E-state index in [-0.39, 0.29) is 43.1 Å². The molecule has 49 heavy (non-hydrogen) atoms. The first kappa shape index (κ1) is 40.0. The van der Waals surface area contributed by atoms with Crippen molar-refractivity contribution in [1.82, 2.24) is 15.1 Å². The molecule has 0 radical (unpaired) electrons. The summed E-state index contributed by atoms with van der Waals surface area (Å²) in [5.74, 6) is -2.72. The minimum absolute atomic E-state index is 0.0662. The SMILES string of the molecule is CC1CC(NC(=O)OC(C)(C)C)=NC(C[C@@H]2CN(C(=O)OC(C)(C)C)C[C@@H]2OCCN(CC(F)(F)c2ccccc2)C(=O)OC(C)(C)C)C1. The molecular formula is C36H56F2N4O7. The average Bonchev–Trinajstić information content (AvgIpc) is 3.32. The fourth-order valence-electron chi connectivity index (χ4n) is 5.83. The zero-order valence-corrected chi connectivity index (χ0v) is 30.8. The number of nitrogens with one attached hydrogen (secondary N) is 1. The lowest BCUT2D eigenvalue weighted by Gasteiger charge is -2.31. The third kappa shape index (κ3) is 13.7. The summed E-state index contributed by atoms with van der Waals surface area (Å²) in [5, 5.41) is 2.79. The van der Waals surface area contributed by atoms with Crippen LogP contribution in [0, 0.1) is 11.8 Å². The quantitative estimate of drug-likeness (QED) is 0.268. The number of carbonyl (C=O) groups excluding carboxylic acids is 3. The number of amides is 3. The van der Waals surface area contributed by atoms with Crippen molar-refractivity contribution in [3.63, 3.8) is 0 Å². The van der Waals surface area contributed by atoms with Crippen molar-refractivity contribution in [2.75, 3.05) is 32.8 Å². The molecule has 11 nitrogen and oxygen atoms in total.